The van der Waals surface area contributed by atoms with Gasteiger partial charge >= 0.3 is 0 Å². The summed E-state index contributed by atoms with van der Waals surface area (Å²) in [5, 5.41) is 0. The molecule has 0 atom stereocenters. The van der Waals surface area contributed by atoms with E-state index in [0.29, 0.717) is 5.82 Å². The first-order valence-electron chi connectivity index (χ1n) is 33.3. The summed E-state index contributed by atoms with van der Waals surface area (Å²) in [6.07, 6.45) is 0. The van der Waals surface area contributed by atoms with E-state index in [4.69, 9.17) is 9.97 Å². The summed E-state index contributed by atoms with van der Waals surface area (Å²) < 4.78 is 0. The zero-order chi connectivity index (χ0) is 65.5. The predicted molar refractivity (Wildman–Crippen MR) is 411 cm³/mol. The Labute approximate surface area is 578 Å². The molecule has 0 amide bonds. The van der Waals surface area contributed by atoms with Crippen molar-refractivity contribution in [2.75, 3.05) is 0 Å². The van der Waals surface area contributed by atoms with E-state index in [1.165, 1.54) is 29.4 Å². The zero-order valence-corrected chi connectivity index (χ0v) is 55.6. The largest absolute Gasteiger partial charge is 0.228 e. The van der Waals surface area contributed by atoms with Gasteiger partial charge in [-0.3, -0.25) is 0 Å². The second-order valence-corrected chi connectivity index (χ2v) is 30.7. The monoisotopic (exact) mass is 1290 g/mol. The van der Waals surface area contributed by atoms with E-state index in [9.17, 15) is 0 Å². The van der Waals surface area contributed by atoms with Gasteiger partial charge in [0.15, 0.2) is 5.82 Å². The molecular weight excluding hydrogens is 1220 g/mol. The number of hydrogen-bond donors (Lipinski definition) is 0. The number of benzene rings is 15. The van der Waals surface area contributed by atoms with Crippen LogP contribution < -0.4 is 0 Å². The molecule has 0 aliphatic rings. The Kier molecular flexibility index (Phi) is 17.1. The molecule has 16 rings (SSSR count). The van der Waals surface area contributed by atoms with E-state index < -0.39 is 20.1 Å². The number of hydrogen-bond acceptors (Lipinski definition) is 2. The third kappa shape index (κ3) is 12.0. The average Bonchev–Trinajstić information content (AvgIpc) is 0.711. The van der Waals surface area contributed by atoms with Crippen molar-refractivity contribution < 1.29 is 0 Å². The molecule has 0 radical (unpaired) electrons. The smallest absolute Gasteiger partial charge is 0.160 e. The summed E-state index contributed by atoms with van der Waals surface area (Å²) in [5.74, 6) is 0.616. The first kappa shape index (κ1) is 61.0. The van der Waals surface area contributed by atoms with Gasteiger partial charge in [0.1, 0.15) is 0 Å². The van der Waals surface area contributed by atoms with Crippen molar-refractivity contribution in [3.63, 3.8) is 0 Å². The van der Waals surface area contributed by atoms with Crippen LogP contribution >= 0.6 is 20.1 Å². The molecular formula is C94H68N2S2. The molecule has 0 saturated heterocycles. The number of rotatable bonds is 17. The highest BCUT2D eigenvalue weighted by molar-refractivity contribution is 8.34. The van der Waals surface area contributed by atoms with Crippen LogP contribution in [0.2, 0.25) is 0 Å². The Hall–Kier alpha value is -11.9. The minimum Gasteiger partial charge on any atom is -0.228 e. The van der Waals surface area contributed by atoms with E-state index in [-0.39, 0.29) is 0 Å². The summed E-state index contributed by atoms with van der Waals surface area (Å²) in [6.45, 7) is 0. The molecule has 0 aliphatic heterocycles. The Morgan fingerprint density at radius 3 is 0.612 bits per heavy atom. The van der Waals surface area contributed by atoms with Crippen LogP contribution in [0.4, 0.5) is 0 Å². The SMILES string of the molecule is c1ccc(-c2cccc(-c3cc(-c4cccc(-c5ccccc5)c4)nc(-c4cc(S(c5ccccc5)(c5cccc(-c6ccccc6)c5)c5cccc(-c6ccccc6)c5)cc(S(c5ccccc5)(c5cccc(-c6ccccc6)c5)c5cccc(-c6ccccc6)c5)c4)n3)c2)cc1. The molecule has 0 saturated carbocycles. The van der Waals surface area contributed by atoms with Gasteiger partial charge in [-0.25, -0.2) is 9.97 Å². The molecule has 98 heavy (non-hydrogen) atoms. The summed E-state index contributed by atoms with van der Waals surface area (Å²) in [4.78, 5) is 21.3. The van der Waals surface area contributed by atoms with Crippen molar-refractivity contribution in [2.45, 2.75) is 39.2 Å². The van der Waals surface area contributed by atoms with Crippen LogP contribution in [0.3, 0.4) is 0 Å². The van der Waals surface area contributed by atoms with Crippen LogP contribution in [-0.4, -0.2) is 9.97 Å². The third-order valence-corrected chi connectivity index (χ3v) is 26.2. The zero-order valence-electron chi connectivity index (χ0n) is 54.0. The van der Waals surface area contributed by atoms with Gasteiger partial charge in [-0.15, -0.1) is 20.1 Å². The fourth-order valence-corrected chi connectivity index (χ4v) is 21.8. The summed E-state index contributed by atoms with van der Waals surface area (Å²) in [5.41, 5.74) is 18.2. The molecule has 0 unspecified atom stereocenters. The maximum Gasteiger partial charge on any atom is 0.160 e. The number of nitrogens with zero attached hydrogens (tertiary/aromatic N) is 2. The molecule has 0 N–H and O–H groups in total. The molecule has 466 valence electrons. The molecule has 16 aromatic rings. The van der Waals surface area contributed by atoms with Crippen LogP contribution in [-0.2, 0) is 0 Å². The van der Waals surface area contributed by atoms with Crippen LogP contribution in [0.1, 0.15) is 0 Å². The molecule has 2 nitrogen and oxygen atoms in total. The lowest BCUT2D eigenvalue weighted by Crippen LogP contribution is -2.10. The fraction of sp³-hybridized carbons (Fsp3) is 0. The Morgan fingerprint density at radius 2 is 0.337 bits per heavy atom. The quantitative estimate of drug-likeness (QED) is 0.0908. The highest BCUT2D eigenvalue weighted by Crippen LogP contribution is 2.78. The Bertz CT molecular complexity index is 4920. The van der Waals surface area contributed by atoms with Gasteiger partial charge in [-0.2, -0.15) is 0 Å². The molecule has 4 heteroatoms. The first-order valence-corrected chi connectivity index (χ1v) is 36.6. The standard InChI is InChI=1S/C94H68N2S2/c1-9-31-69(32-10-1)75-43-25-49-81(59-75)92-68-93(82-50-26-44-76(60-82)70-33-11-2-12-34-70)96-94(95-92)83-65-90(97(84-51-21-7-22-52-84,86-55-27-45-77(61-86)71-35-13-3-14-36-71)87-56-28-46-78(62-87)72-37-15-4-16-38-72)67-91(66-83)98(85-53-23-8-24-54-85,88-57-29-47-79(63-88)73-39-17-5-18-40-73)89-58-30-48-80(64-89)74-41-19-6-20-42-74/h1-68H. The number of aromatic nitrogens is 2. The van der Waals surface area contributed by atoms with Gasteiger partial charge in [-0.05, 0) is 176 Å². The van der Waals surface area contributed by atoms with Gasteiger partial charge in [0.05, 0.1) is 11.4 Å². The maximum atomic E-state index is 5.92. The summed E-state index contributed by atoms with van der Waals surface area (Å²) >= 11 is 0. The highest BCUT2D eigenvalue weighted by Gasteiger charge is 2.40. The van der Waals surface area contributed by atoms with Gasteiger partial charge in [-0.1, -0.05) is 303 Å². The van der Waals surface area contributed by atoms with Crippen LogP contribution in [0, 0.1) is 0 Å². The van der Waals surface area contributed by atoms with E-state index in [1.807, 2.05) is 0 Å². The molecule has 1 heterocycles. The van der Waals surface area contributed by atoms with Crippen LogP contribution in [0.15, 0.2) is 452 Å². The molecule has 0 bridgehead atoms. The molecule has 0 aliphatic carbocycles. The lowest BCUT2D eigenvalue weighted by Gasteiger charge is -2.46. The van der Waals surface area contributed by atoms with E-state index in [0.717, 1.165) is 105 Å². The first-order chi connectivity index (χ1) is 48.5. The Morgan fingerprint density at radius 1 is 0.133 bits per heavy atom. The molecule has 1 aromatic heterocycles. The Balaban J connectivity index is 1.08. The van der Waals surface area contributed by atoms with Gasteiger partial charge in [0, 0.05) is 55.9 Å². The normalized spacial score (nSPS) is 11.8. The van der Waals surface area contributed by atoms with Crippen molar-refractivity contribution in [1.82, 2.24) is 9.97 Å². The second kappa shape index (κ2) is 27.4. The molecule has 0 spiro atoms. The predicted octanol–water partition coefficient (Wildman–Crippen LogP) is 26.2. The minimum atomic E-state index is -2.57. The lowest BCUT2D eigenvalue weighted by molar-refractivity contribution is 1.15. The lowest BCUT2D eigenvalue weighted by atomic mass is 9.99. The topological polar surface area (TPSA) is 25.8 Å². The summed E-state index contributed by atoms with van der Waals surface area (Å²) in [6, 6.07) is 152. The average molecular weight is 1290 g/mol. The maximum absolute atomic E-state index is 5.92. The highest BCUT2D eigenvalue weighted by atomic mass is 32.3. The molecule has 15 aromatic carbocycles. The minimum absolute atomic E-state index is 0.616. The van der Waals surface area contributed by atoms with Gasteiger partial charge in [0.2, 0.25) is 0 Å². The van der Waals surface area contributed by atoms with Gasteiger partial charge < -0.3 is 0 Å². The van der Waals surface area contributed by atoms with Crippen molar-refractivity contribution in [1.29, 1.82) is 0 Å². The summed E-state index contributed by atoms with van der Waals surface area (Å²) in [7, 11) is -5.15. The van der Waals surface area contributed by atoms with Gasteiger partial charge in [0.25, 0.3) is 0 Å². The van der Waals surface area contributed by atoms with Crippen LogP contribution in [0.25, 0.3) is 101 Å². The van der Waals surface area contributed by atoms with E-state index >= 15 is 0 Å². The fourth-order valence-electron chi connectivity index (χ4n) is 13.8. The van der Waals surface area contributed by atoms with E-state index in [1.54, 1.807) is 0 Å². The van der Waals surface area contributed by atoms with Crippen molar-refractivity contribution in [3.8, 4) is 101 Å². The third-order valence-electron chi connectivity index (χ3n) is 18.5. The second-order valence-electron chi connectivity index (χ2n) is 24.5. The van der Waals surface area contributed by atoms with Crippen molar-refractivity contribution in [3.05, 3.63) is 413 Å². The van der Waals surface area contributed by atoms with E-state index in [2.05, 4.69) is 413 Å². The van der Waals surface area contributed by atoms with Crippen LogP contribution in [0.5, 0.6) is 0 Å². The van der Waals surface area contributed by atoms with Crippen molar-refractivity contribution in [2.24, 2.45) is 0 Å². The van der Waals surface area contributed by atoms with Crippen molar-refractivity contribution >= 4 is 20.1 Å². The molecule has 0 fully saturated rings.